The lowest BCUT2D eigenvalue weighted by Gasteiger charge is -2.16. The first-order valence-corrected chi connectivity index (χ1v) is 8.05. The van der Waals surface area contributed by atoms with Gasteiger partial charge in [0.15, 0.2) is 11.9 Å². The Kier molecular flexibility index (Phi) is 4.15. The van der Waals surface area contributed by atoms with Crippen molar-refractivity contribution in [3.63, 3.8) is 0 Å². The second kappa shape index (κ2) is 6.39. The molecule has 0 unspecified atom stereocenters. The van der Waals surface area contributed by atoms with Crippen LogP contribution in [0.3, 0.4) is 0 Å². The van der Waals surface area contributed by atoms with Crippen molar-refractivity contribution in [3.05, 3.63) is 40.7 Å². The number of rotatable bonds is 3. The predicted molar refractivity (Wildman–Crippen MR) is 89.1 cm³/mol. The van der Waals surface area contributed by atoms with Crippen LogP contribution in [0.25, 0.3) is 16.7 Å². The van der Waals surface area contributed by atoms with Gasteiger partial charge in [0.05, 0.1) is 31.1 Å². The van der Waals surface area contributed by atoms with Gasteiger partial charge in [0, 0.05) is 6.07 Å². The van der Waals surface area contributed by atoms with Gasteiger partial charge < -0.3 is 24.8 Å². The molecule has 4 rings (SSSR count). The van der Waals surface area contributed by atoms with Crippen molar-refractivity contribution in [1.82, 2.24) is 18.9 Å². The number of pyridine rings is 1. The third-order valence-corrected chi connectivity index (χ3v) is 4.59. The molecule has 3 N–H and O–H groups in total. The number of hydrogen-bond donors (Lipinski definition) is 3. The smallest absolute Gasteiger partial charge is 0.338 e. The summed E-state index contributed by atoms with van der Waals surface area (Å²) in [6, 6.07) is 2.58. The molecule has 1 aliphatic heterocycles. The molecule has 0 aliphatic carbocycles. The molecule has 11 nitrogen and oxygen atoms in total. The summed E-state index contributed by atoms with van der Waals surface area (Å²) >= 11 is 0. The second-order valence-electron chi connectivity index (χ2n) is 6.13. The molecule has 3 aromatic heterocycles. The molecule has 27 heavy (non-hydrogen) atoms. The fourth-order valence-corrected chi connectivity index (χ4v) is 3.19. The molecule has 0 saturated carbocycles. The average molecular weight is 376 g/mol. The minimum absolute atomic E-state index is 0.0671. The topological polar surface area (TPSA) is 148 Å². The number of fused-ring (bicyclic) bond motifs is 3. The molecule has 142 valence electrons. The summed E-state index contributed by atoms with van der Waals surface area (Å²) < 4.78 is 12.8. The maximum absolute atomic E-state index is 12.3. The molecule has 4 atom stereocenters. The standard InChI is InChI=1S/C16H16N4O7/c1-26-16(25)7-2-8-11-14(18-6-19(8)10(22)3-7)20(5-17-11)15-13(24)12(23)9(4-21)27-15/h2-3,5-6,9,12-13,15,21,23-24H,4H2,1H3/t9-,12+,13-,15+/m0/s1. The Balaban J connectivity index is 1.89. The summed E-state index contributed by atoms with van der Waals surface area (Å²) in [5.41, 5.74) is 0.463. The Morgan fingerprint density at radius 3 is 2.70 bits per heavy atom. The van der Waals surface area contributed by atoms with Crippen LogP contribution in [0.15, 0.2) is 29.6 Å². The van der Waals surface area contributed by atoms with Gasteiger partial charge in [-0.15, -0.1) is 0 Å². The Bertz CT molecular complexity index is 1090. The van der Waals surface area contributed by atoms with Crippen LogP contribution in [0.5, 0.6) is 0 Å². The molecule has 0 spiro atoms. The molecule has 0 bridgehead atoms. The number of carbonyl (C=O) groups excluding carboxylic acids is 1. The van der Waals surface area contributed by atoms with Crippen LogP contribution < -0.4 is 5.56 Å². The number of nitrogens with zero attached hydrogens (tertiary/aromatic N) is 4. The van der Waals surface area contributed by atoms with E-state index >= 15 is 0 Å². The van der Waals surface area contributed by atoms with Crippen LogP contribution in [0.2, 0.25) is 0 Å². The number of esters is 1. The van der Waals surface area contributed by atoms with E-state index in [1.165, 1.54) is 34.8 Å². The maximum Gasteiger partial charge on any atom is 0.338 e. The van der Waals surface area contributed by atoms with Gasteiger partial charge in [-0.3, -0.25) is 13.8 Å². The zero-order valence-electron chi connectivity index (χ0n) is 14.1. The predicted octanol–water partition coefficient (Wildman–Crippen LogP) is -1.56. The summed E-state index contributed by atoms with van der Waals surface area (Å²) in [6.45, 7) is -0.463. The van der Waals surface area contributed by atoms with Gasteiger partial charge in [0.1, 0.15) is 30.2 Å². The summed E-state index contributed by atoms with van der Waals surface area (Å²) in [6.07, 6.45) is -1.94. The zero-order valence-corrected chi connectivity index (χ0v) is 14.1. The minimum atomic E-state index is -1.30. The molecule has 1 saturated heterocycles. The Morgan fingerprint density at radius 2 is 2.04 bits per heavy atom. The number of carbonyl (C=O) groups is 1. The third kappa shape index (κ3) is 2.59. The molecule has 11 heteroatoms. The maximum atomic E-state index is 12.3. The average Bonchev–Trinajstić information content (AvgIpc) is 3.22. The quantitative estimate of drug-likeness (QED) is 0.462. The molecule has 4 heterocycles. The van der Waals surface area contributed by atoms with Crippen molar-refractivity contribution in [2.45, 2.75) is 24.5 Å². The van der Waals surface area contributed by atoms with Gasteiger partial charge in [-0.25, -0.2) is 14.8 Å². The van der Waals surface area contributed by atoms with E-state index in [1.807, 2.05) is 0 Å². The molecule has 0 aromatic carbocycles. The molecule has 1 fully saturated rings. The van der Waals surface area contributed by atoms with E-state index in [0.717, 1.165) is 6.07 Å². The largest absolute Gasteiger partial charge is 0.465 e. The van der Waals surface area contributed by atoms with Crippen molar-refractivity contribution in [3.8, 4) is 0 Å². The van der Waals surface area contributed by atoms with Gasteiger partial charge in [-0.05, 0) is 6.07 Å². The molecule has 1 aliphatic rings. The lowest BCUT2D eigenvalue weighted by atomic mass is 10.1. The highest BCUT2D eigenvalue weighted by atomic mass is 16.6. The Morgan fingerprint density at radius 1 is 1.26 bits per heavy atom. The number of hydrogen-bond acceptors (Lipinski definition) is 9. The first kappa shape index (κ1) is 17.5. The van der Waals surface area contributed by atoms with Gasteiger partial charge in [0.2, 0.25) is 0 Å². The highest BCUT2D eigenvalue weighted by Gasteiger charge is 2.44. The third-order valence-electron chi connectivity index (χ3n) is 4.59. The summed E-state index contributed by atoms with van der Waals surface area (Å²) in [5, 5.41) is 29.4. The number of aromatic nitrogens is 4. The summed E-state index contributed by atoms with van der Waals surface area (Å²) in [7, 11) is 1.21. The van der Waals surface area contributed by atoms with E-state index in [0.29, 0.717) is 5.52 Å². The molecule has 3 aromatic rings. The van der Waals surface area contributed by atoms with E-state index in [-0.39, 0.29) is 16.7 Å². The minimum Gasteiger partial charge on any atom is -0.465 e. The highest BCUT2D eigenvalue weighted by molar-refractivity contribution is 5.95. The van der Waals surface area contributed by atoms with Crippen LogP contribution in [0, 0.1) is 0 Å². The summed E-state index contributed by atoms with van der Waals surface area (Å²) in [5.74, 6) is -0.664. The van der Waals surface area contributed by atoms with Gasteiger partial charge in [-0.2, -0.15) is 0 Å². The SMILES string of the molecule is COC(=O)c1cc(=O)n2cnc3c(ncn3[C@@H]3O[C@@H](CO)[C@@H](O)[C@@H]3O)c2c1. The zero-order chi connectivity index (χ0) is 19.3. The van der Waals surface area contributed by atoms with Gasteiger partial charge in [-0.1, -0.05) is 0 Å². The molecule has 0 radical (unpaired) electrons. The van der Waals surface area contributed by atoms with Crippen LogP contribution in [-0.2, 0) is 9.47 Å². The summed E-state index contributed by atoms with van der Waals surface area (Å²) in [4.78, 5) is 32.5. The van der Waals surface area contributed by atoms with E-state index in [2.05, 4.69) is 14.7 Å². The molecule has 0 amide bonds. The van der Waals surface area contributed by atoms with E-state index in [1.54, 1.807) is 0 Å². The number of methoxy groups -OCH3 is 1. The lowest BCUT2D eigenvalue weighted by molar-refractivity contribution is -0.0511. The van der Waals surface area contributed by atoms with E-state index in [9.17, 15) is 24.9 Å². The number of aliphatic hydroxyl groups excluding tert-OH is 3. The van der Waals surface area contributed by atoms with Crippen molar-refractivity contribution in [2.24, 2.45) is 0 Å². The van der Waals surface area contributed by atoms with Crippen LogP contribution in [-0.4, -0.2) is 72.3 Å². The number of aliphatic hydroxyl groups is 3. The monoisotopic (exact) mass is 376 g/mol. The van der Waals surface area contributed by atoms with Crippen molar-refractivity contribution in [2.75, 3.05) is 13.7 Å². The lowest BCUT2D eigenvalue weighted by Crippen LogP contribution is -2.33. The van der Waals surface area contributed by atoms with Gasteiger partial charge >= 0.3 is 5.97 Å². The molecular weight excluding hydrogens is 360 g/mol. The van der Waals surface area contributed by atoms with Crippen molar-refractivity contribution < 1.29 is 29.6 Å². The van der Waals surface area contributed by atoms with Crippen LogP contribution >= 0.6 is 0 Å². The fraction of sp³-hybridized carbons (Fsp3) is 0.375. The molecular formula is C16H16N4O7. The Labute approximate surface area is 151 Å². The van der Waals surface area contributed by atoms with Crippen molar-refractivity contribution >= 4 is 22.6 Å². The van der Waals surface area contributed by atoms with E-state index < -0.39 is 42.7 Å². The van der Waals surface area contributed by atoms with E-state index in [4.69, 9.17) is 4.74 Å². The first-order valence-electron chi connectivity index (χ1n) is 8.05. The highest BCUT2D eigenvalue weighted by Crippen LogP contribution is 2.31. The van der Waals surface area contributed by atoms with Crippen molar-refractivity contribution in [1.29, 1.82) is 0 Å². The van der Waals surface area contributed by atoms with Gasteiger partial charge in [0.25, 0.3) is 5.56 Å². The first-order chi connectivity index (χ1) is 13.0. The fourth-order valence-electron chi connectivity index (χ4n) is 3.19. The second-order valence-corrected chi connectivity index (χ2v) is 6.13. The normalized spacial score (nSPS) is 25.3. The van der Waals surface area contributed by atoms with Crippen LogP contribution in [0.4, 0.5) is 0 Å². The Hall–Kier alpha value is -2.86. The number of ether oxygens (including phenoxy) is 2. The van der Waals surface area contributed by atoms with Crippen LogP contribution in [0.1, 0.15) is 16.6 Å². The number of imidazole rings is 1.